The monoisotopic (exact) mass is 423 g/mol. The summed E-state index contributed by atoms with van der Waals surface area (Å²) in [6, 6.07) is 16.3. The lowest BCUT2D eigenvalue weighted by atomic mass is 9.96. The molecule has 4 rings (SSSR count). The van der Waals surface area contributed by atoms with Gasteiger partial charge in [0.1, 0.15) is 0 Å². The predicted octanol–water partition coefficient (Wildman–Crippen LogP) is 4.86. The van der Waals surface area contributed by atoms with E-state index in [1.54, 1.807) is 0 Å². The summed E-state index contributed by atoms with van der Waals surface area (Å²) in [6.07, 6.45) is 5.38. The van der Waals surface area contributed by atoms with Crippen molar-refractivity contribution in [3.05, 3.63) is 70.9 Å². The molecule has 1 fully saturated rings. The molecule has 0 aliphatic carbocycles. The SMILES string of the molecule is CN(C[C@@H]1CCCN(CCc2ccc(Cl)cc2)C1)C(=O)c1cn(C)c2ccccc12. The van der Waals surface area contributed by atoms with Crippen LogP contribution in [0, 0.1) is 5.92 Å². The number of rotatable bonds is 6. The molecule has 3 aromatic rings. The van der Waals surface area contributed by atoms with Crippen molar-refractivity contribution in [2.24, 2.45) is 13.0 Å². The van der Waals surface area contributed by atoms with Gasteiger partial charge < -0.3 is 14.4 Å². The van der Waals surface area contributed by atoms with E-state index in [1.807, 2.05) is 60.1 Å². The minimum atomic E-state index is 0.116. The third-order valence-electron chi connectivity index (χ3n) is 6.24. The van der Waals surface area contributed by atoms with Crippen LogP contribution in [0.1, 0.15) is 28.8 Å². The Kier molecular flexibility index (Phi) is 6.45. The van der Waals surface area contributed by atoms with Crippen molar-refractivity contribution in [1.82, 2.24) is 14.4 Å². The molecule has 0 saturated carbocycles. The maximum absolute atomic E-state index is 13.2. The molecule has 1 aromatic heterocycles. The van der Waals surface area contributed by atoms with Crippen LogP contribution in [0.5, 0.6) is 0 Å². The van der Waals surface area contributed by atoms with E-state index in [1.165, 1.54) is 18.4 Å². The van der Waals surface area contributed by atoms with Crippen LogP contribution in [0.25, 0.3) is 10.9 Å². The first-order valence-corrected chi connectivity index (χ1v) is 11.2. The van der Waals surface area contributed by atoms with Gasteiger partial charge in [0.25, 0.3) is 5.91 Å². The normalized spacial score (nSPS) is 17.4. The molecule has 0 radical (unpaired) electrons. The smallest absolute Gasteiger partial charge is 0.255 e. The summed E-state index contributed by atoms with van der Waals surface area (Å²) < 4.78 is 2.04. The standard InChI is InChI=1S/C25H30ClN3O/c1-27-18-23(22-7-3-4-8-24(22)27)25(30)28(2)16-20-6-5-14-29(17-20)15-13-19-9-11-21(26)12-10-19/h3-4,7-12,18,20H,5-6,13-17H2,1-2H3/t20-/m0/s1. The first-order valence-electron chi connectivity index (χ1n) is 10.8. The van der Waals surface area contributed by atoms with E-state index in [0.717, 1.165) is 54.1 Å². The van der Waals surface area contributed by atoms with Crippen LogP contribution in [-0.2, 0) is 13.5 Å². The molecule has 158 valence electrons. The zero-order valence-electron chi connectivity index (χ0n) is 17.9. The molecule has 1 aliphatic heterocycles. The largest absolute Gasteiger partial charge is 0.350 e. The second kappa shape index (κ2) is 9.23. The summed E-state index contributed by atoms with van der Waals surface area (Å²) in [5.74, 6) is 0.637. The molecule has 1 atom stereocenters. The zero-order chi connectivity index (χ0) is 21.1. The molecule has 0 bridgehead atoms. The van der Waals surface area contributed by atoms with Gasteiger partial charge in [-0.15, -0.1) is 0 Å². The first kappa shape index (κ1) is 21.0. The van der Waals surface area contributed by atoms with Gasteiger partial charge in [0.15, 0.2) is 0 Å². The molecule has 0 N–H and O–H groups in total. The van der Waals surface area contributed by atoms with E-state index in [2.05, 4.69) is 23.1 Å². The van der Waals surface area contributed by atoms with Crippen LogP contribution in [0.4, 0.5) is 0 Å². The Hall–Kier alpha value is -2.30. The molecule has 1 amide bonds. The van der Waals surface area contributed by atoms with E-state index < -0.39 is 0 Å². The molecule has 4 nitrogen and oxygen atoms in total. The van der Waals surface area contributed by atoms with Gasteiger partial charge in [0, 0.05) is 55.9 Å². The average molecular weight is 424 g/mol. The van der Waals surface area contributed by atoms with Crippen LogP contribution >= 0.6 is 11.6 Å². The lowest BCUT2D eigenvalue weighted by Crippen LogP contribution is -2.42. The molecule has 5 heteroatoms. The first-order chi connectivity index (χ1) is 14.5. The van der Waals surface area contributed by atoms with Gasteiger partial charge >= 0.3 is 0 Å². The highest BCUT2D eigenvalue weighted by Gasteiger charge is 2.24. The highest BCUT2D eigenvalue weighted by molar-refractivity contribution is 6.30. The Bertz CT molecular complexity index is 1010. The van der Waals surface area contributed by atoms with Crippen molar-refractivity contribution in [3.63, 3.8) is 0 Å². The van der Waals surface area contributed by atoms with Gasteiger partial charge in [-0.1, -0.05) is 41.9 Å². The van der Waals surface area contributed by atoms with E-state index in [4.69, 9.17) is 11.6 Å². The number of nitrogens with zero attached hydrogens (tertiary/aromatic N) is 3. The molecular weight excluding hydrogens is 394 g/mol. The maximum atomic E-state index is 13.2. The molecule has 1 saturated heterocycles. The summed E-state index contributed by atoms with van der Waals surface area (Å²) in [4.78, 5) is 17.6. The van der Waals surface area contributed by atoms with Crippen LogP contribution in [0.3, 0.4) is 0 Å². The fourth-order valence-corrected chi connectivity index (χ4v) is 4.76. The van der Waals surface area contributed by atoms with Crippen molar-refractivity contribution in [2.75, 3.05) is 33.2 Å². The van der Waals surface area contributed by atoms with Crippen molar-refractivity contribution < 1.29 is 4.79 Å². The molecule has 2 heterocycles. The number of carbonyl (C=O) groups is 1. The third-order valence-corrected chi connectivity index (χ3v) is 6.49. The number of benzene rings is 2. The molecule has 0 unspecified atom stereocenters. The van der Waals surface area contributed by atoms with Crippen molar-refractivity contribution in [3.8, 4) is 0 Å². The Morgan fingerprint density at radius 1 is 1.17 bits per heavy atom. The van der Waals surface area contributed by atoms with E-state index >= 15 is 0 Å². The minimum Gasteiger partial charge on any atom is -0.350 e. The van der Waals surface area contributed by atoms with Gasteiger partial charge in [-0.05, 0) is 55.5 Å². The lowest BCUT2D eigenvalue weighted by Gasteiger charge is -2.34. The number of para-hydroxylation sites is 1. The van der Waals surface area contributed by atoms with Crippen LogP contribution in [0.2, 0.25) is 5.02 Å². The van der Waals surface area contributed by atoms with Crippen LogP contribution in [0.15, 0.2) is 54.7 Å². The summed E-state index contributed by atoms with van der Waals surface area (Å²) in [5.41, 5.74) is 3.22. The average Bonchev–Trinajstić information content (AvgIpc) is 3.10. The second-order valence-corrected chi connectivity index (χ2v) is 8.98. The molecule has 2 aromatic carbocycles. The lowest BCUT2D eigenvalue weighted by molar-refractivity contribution is 0.0732. The Morgan fingerprint density at radius 3 is 2.73 bits per heavy atom. The van der Waals surface area contributed by atoms with Crippen LogP contribution in [-0.4, -0.2) is 53.5 Å². The van der Waals surface area contributed by atoms with Crippen molar-refractivity contribution in [1.29, 1.82) is 0 Å². The Labute approximate surface area is 184 Å². The summed E-state index contributed by atoms with van der Waals surface area (Å²) in [7, 11) is 3.94. The number of piperidine rings is 1. The number of halogens is 1. The van der Waals surface area contributed by atoms with Gasteiger partial charge in [-0.2, -0.15) is 0 Å². The topological polar surface area (TPSA) is 28.5 Å². The van der Waals surface area contributed by atoms with E-state index in [-0.39, 0.29) is 5.91 Å². The Morgan fingerprint density at radius 2 is 1.93 bits per heavy atom. The van der Waals surface area contributed by atoms with Crippen LogP contribution < -0.4 is 0 Å². The van der Waals surface area contributed by atoms with Gasteiger partial charge in [0.2, 0.25) is 0 Å². The fourth-order valence-electron chi connectivity index (χ4n) is 4.63. The maximum Gasteiger partial charge on any atom is 0.255 e. The number of aryl methyl sites for hydroxylation is 1. The van der Waals surface area contributed by atoms with E-state index in [0.29, 0.717) is 5.92 Å². The number of amides is 1. The second-order valence-electron chi connectivity index (χ2n) is 8.54. The molecule has 30 heavy (non-hydrogen) atoms. The van der Waals surface area contributed by atoms with Gasteiger partial charge in [-0.25, -0.2) is 0 Å². The number of hydrogen-bond acceptors (Lipinski definition) is 2. The number of carbonyl (C=O) groups excluding carboxylic acids is 1. The predicted molar refractivity (Wildman–Crippen MR) is 124 cm³/mol. The highest BCUT2D eigenvalue weighted by atomic mass is 35.5. The van der Waals surface area contributed by atoms with Gasteiger partial charge in [0.05, 0.1) is 5.56 Å². The molecular formula is C25H30ClN3O. The summed E-state index contributed by atoms with van der Waals surface area (Å²) >= 11 is 5.99. The zero-order valence-corrected chi connectivity index (χ0v) is 18.6. The number of aromatic nitrogens is 1. The minimum absolute atomic E-state index is 0.116. The Balaban J connectivity index is 1.35. The fraction of sp³-hybridized carbons (Fsp3) is 0.400. The molecule has 0 spiro atoms. The number of hydrogen-bond donors (Lipinski definition) is 0. The number of fused-ring (bicyclic) bond motifs is 1. The molecule has 1 aliphatic rings. The summed E-state index contributed by atoms with van der Waals surface area (Å²) in [5, 5.41) is 1.82. The van der Waals surface area contributed by atoms with Gasteiger partial charge in [-0.3, -0.25) is 4.79 Å². The highest BCUT2D eigenvalue weighted by Crippen LogP contribution is 2.23. The van der Waals surface area contributed by atoms with Crippen molar-refractivity contribution in [2.45, 2.75) is 19.3 Å². The summed E-state index contributed by atoms with van der Waals surface area (Å²) in [6.45, 7) is 4.06. The number of likely N-dealkylation sites (tertiary alicyclic amines) is 1. The third kappa shape index (κ3) is 4.71. The van der Waals surface area contributed by atoms with E-state index in [9.17, 15) is 4.79 Å². The van der Waals surface area contributed by atoms with Crippen molar-refractivity contribution >= 4 is 28.4 Å². The quantitative estimate of drug-likeness (QED) is 0.566.